The van der Waals surface area contributed by atoms with Crippen LogP contribution >= 0.6 is 0 Å². The van der Waals surface area contributed by atoms with E-state index in [0.717, 1.165) is 58.8 Å². The maximum absolute atomic E-state index is 10.3. The number of ether oxygens (including phenoxy) is 1. The van der Waals surface area contributed by atoms with E-state index in [2.05, 4.69) is 10.2 Å². The smallest absolute Gasteiger partial charge is 0.0771 e. The van der Waals surface area contributed by atoms with E-state index >= 15 is 0 Å². The van der Waals surface area contributed by atoms with Crippen molar-refractivity contribution in [1.29, 1.82) is 0 Å². The first-order valence-corrected chi connectivity index (χ1v) is 7.02. The molecule has 2 rings (SSSR count). The van der Waals surface area contributed by atoms with Gasteiger partial charge in [0.25, 0.3) is 0 Å². The first-order chi connectivity index (χ1) is 8.29. The van der Waals surface area contributed by atoms with Gasteiger partial charge in [-0.3, -0.25) is 4.90 Å². The summed E-state index contributed by atoms with van der Waals surface area (Å²) in [6.07, 6.45) is 5.59. The molecule has 0 amide bonds. The molecule has 17 heavy (non-hydrogen) atoms. The fraction of sp³-hybridized carbons (Fsp3) is 1.00. The number of aliphatic hydroxyl groups is 1. The average Bonchev–Trinajstić information content (AvgIpc) is 2.37. The predicted molar refractivity (Wildman–Crippen MR) is 68.2 cm³/mol. The van der Waals surface area contributed by atoms with Crippen molar-refractivity contribution in [2.45, 2.75) is 37.7 Å². The summed E-state index contributed by atoms with van der Waals surface area (Å²) in [6, 6.07) is 0. The number of nitrogens with zero attached hydrogens (tertiary/aromatic N) is 1. The minimum atomic E-state index is -0.427. The molecule has 2 N–H and O–H groups in total. The zero-order valence-electron chi connectivity index (χ0n) is 10.8. The summed E-state index contributed by atoms with van der Waals surface area (Å²) < 4.78 is 5.32. The molecule has 1 aliphatic carbocycles. The molecule has 1 aliphatic heterocycles. The Balaban J connectivity index is 1.55. The Hall–Kier alpha value is -0.160. The summed E-state index contributed by atoms with van der Waals surface area (Å²) in [5.74, 6) is 0. The van der Waals surface area contributed by atoms with E-state index in [0.29, 0.717) is 0 Å². The molecule has 0 aromatic carbocycles. The van der Waals surface area contributed by atoms with Crippen molar-refractivity contribution in [3.05, 3.63) is 0 Å². The standard InChI is InChI=1S/C13H26N2O2/c16-13(4-2-1-3-5-13)12-14-6-7-15-8-10-17-11-9-15/h14,16H,1-12H2. The summed E-state index contributed by atoms with van der Waals surface area (Å²) in [6.45, 7) is 6.63. The van der Waals surface area contributed by atoms with Crippen LogP contribution in [-0.4, -0.2) is 61.5 Å². The van der Waals surface area contributed by atoms with Gasteiger partial charge in [-0.2, -0.15) is 0 Å². The zero-order valence-corrected chi connectivity index (χ0v) is 10.8. The molecule has 0 atom stereocenters. The predicted octanol–water partition coefficient (Wildman–Crippen LogP) is 0.603. The highest BCUT2D eigenvalue weighted by molar-refractivity contribution is 4.84. The largest absolute Gasteiger partial charge is 0.389 e. The molecule has 2 aliphatic rings. The van der Waals surface area contributed by atoms with Gasteiger partial charge < -0.3 is 15.2 Å². The lowest BCUT2D eigenvalue weighted by Gasteiger charge is -2.33. The highest BCUT2D eigenvalue weighted by Gasteiger charge is 2.28. The molecule has 2 fully saturated rings. The minimum absolute atomic E-state index is 0.427. The van der Waals surface area contributed by atoms with Gasteiger partial charge in [0.2, 0.25) is 0 Å². The van der Waals surface area contributed by atoms with Crippen LogP contribution in [-0.2, 0) is 4.74 Å². The summed E-state index contributed by atoms with van der Waals surface area (Å²) in [4.78, 5) is 2.42. The number of nitrogens with one attached hydrogen (secondary N) is 1. The van der Waals surface area contributed by atoms with Crippen molar-refractivity contribution in [2.75, 3.05) is 45.9 Å². The van der Waals surface area contributed by atoms with Crippen LogP contribution in [0.3, 0.4) is 0 Å². The van der Waals surface area contributed by atoms with E-state index in [9.17, 15) is 5.11 Å². The van der Waals surface area contributed by atoms with E-state index < -0.39 is 5.60 Å². The van der Waals surface area contributed by atoms with Crippen molar-refractivity contribution in [1.82, 2.24) is 10.2 Å². The van der Waals surface area contributed by atoms with Crippen LogP contribution in [0.25, 0.3) is 0 Å². The number of hydrogen-bond acceptors (Lipinski definition) is 4. The van der Waals surface area contributed by atoms with Gasteiger partial charge in [0.15, 0.2) is 0 Å². The molecular weight excluding hydrogens is 216 g/mol. The average molecular weight is 242 g/mol. The number of hydrogen-bond donors (Lipinski definition) is 2. The van der Waals surface area contributed by atoms with Crippen LogP contribution in [0.15, 0.2) is 0 Å². The fourth-order valence-corrected chi connectivity index (χ4v) is 2.77. The summed E-state index contributed by atoms with van der Waals surface area (Å²) in [5, 5.41) is 13.7. The molecule has 0 aromatic rings. The first-order valence-electron chi connectivity index (χ1n) is 7.02. The Kier molecular flexibility index (Phi) is 5.22. The van der Waals surface area contributed by atoms with Gasteiger partial charge in [0.1, 0.15) is 0 Å². The molecule has 0 aromatic heterocycles. The maximum atomic E-state index is 10.3. The van der Waals surface area contributed by atoms with Crippen LogP contribution in [0.4, 0.5) is 0 Å². The van der Waals surface area contributed by atoms with Crippen molar-refractivity contribution >= 4 is 0 Å². The Morgan fingerprint density at radius 3 is 2.53 bits per heavy atom. The molecule has 100 valence electrons. The van der Waals surface area contributed by atoms with Gasteiger partial charge in [-0.1, -0.05) is 19.3 Å². The normalized spacial score (nSPS) is 25.9. The van der Waals surface area contributed by atoms with Crippen molar-refractivity contribution in [3.63, 3.8) is 0 Å². The fourth-order valence-electron chi connectivity index (χ4n) is 2.77. The molecular formula is C13H26N2O2. The Labute approximate surface area is 104 Å². The third kappa shape index (κ3) is 4.54. The Morgan fingerprint density at radius 2 is 1.82 bits per heavy atom. The van der Waals surface area contributed by atoms with Crippen LogP contribution < -0.4 is 5.32 Å². The molecule has 0 radical (unpaired) electrons. The topological polar surface area (TPSA) is 44.7 Å². The number of morpholine rings is 1. The lowest BCUT2D eigenvalue weighted by Crippen LogP contribution is -2.45. The first kappa shape index (κ1) is 13.3. The molecule has 0 bridgehead atoms. The maximum Gasteiger partial charge on any atom is 0.0771 e. The van der Waals surface area contributed by atoms with Crippen molar-refractivity contribution in [2.24, 2.45) is 0 Å². The van der Waals surface area contributed by atoms with Crippen LogP contribution in [0.1, 0.15) is 32.1 Å². The molecule has 4 heteroatoms. The third-order valence-corrected chi connectivity index (χ3v) is 3.95. The van der Waals surface area contributed by atoms with Crippen LogP contribution in [0.5, 0.6) is 0 Å². The van der Waals surface area contributed by atoms with E-state index in [1.54, 1.807) is 0 Å². The van der Waals surface area contributed by atoms with Gasteiger partial charge in [0.05, 0.1) is 18.8 Å². The van der Waals surface area contributed by atoms with Gasteiger partial charge in [-0.15, -0.1) is 0 Å². The lowest BCUT2D eigenvalue weighted by atomic mass is 9.85. The molecule has 0 spiro atoms. The summed E-state index contributed by atoms with van der Waals surface area (Å²) in [7, 11) is 0. The third-order valence-electron chi connectivity index (χ3n) is 3.95. The van der Waals surface area contributed by atoms with Crippen molar-refractivity contribution < 1.29 is 9.84 Å². The van der Waals surface area contributed by atoms with Gasteiger partial charge in [-0.05, 0) is 12.8 Å². The SMILES string of the molecule is OC1(CNCCN2CCOCC2)CCCCC1. The van der Waals surface area contributed by atoms with Gasteiger partial charge >= 0.3 is 0 Å². The quantitative estimate of drug-likeness (QED) is 0.693. The van der Waals surface area contributed by atoms with Gasteiger partial charge in [0, 0.05) is 32.7 Å². The summed E-state index contributed by atoms with van der Waals surface area (Å²) in [5.41, 5.74) is -0.427. The second kappa shape index (κ2) is 6.69. The van der Waals surface area contributed by atoms with Crippen LogP contribution in [0.2, 0.25) is 0 Å². The lowest BCUT2D eigenvalue weighted by molar-refractivity contribution is 0.00308. The van der Waals surface area contributed by atoms with Crippen LogP contribution in [0, 0.1) is 0 Å². The second-order valence-electron chi connectivity index (χ2n) is 5.42. The highest BCUT2D eigenvalue weighted by atomic mass is 16.5. The highest BCUT2D eigenvalue weighted by Crippen LogP contribution is 2.27. The molecule has 0 unspecified atom stereocenters. The Morgan fingerprint density at radius 1 is 1.12 bits per heavy atom. The van der Waals surface area contributed by atoms with E-state index in [4.69, 9.17) is 4.74 Å². The summed E-state index contributed by atoms with van der Waals surface area (Å²) >= 11 is 0. The van der Waals surface area contributed by atoms with Crippen molar-refractivity contribution in [3.8, 4) is 0 Å². The van der Waals surface area contributed by atoms with E-state index in [-0.39, 0.29) is 0 Å². The zero-order chi connectivity index (χ0) is 12.0. The molecule has 1 heterocycles. The minimum Gasteiger partial charge on any atom is -0.389 e. The second-order valence-corrected chi connectivity index (χ2v) is 5.42. The molecule has 1 saturated heterocycles. The van der Waals surface area contributed by atoms with E-state index in [1.807, 2.05) is 0 Å². The van der Waals surface area contributed by atoms with E-state index in [1.165, 1.54) is 19.3 Å². The van der Waals surface area contributed by atoms with Gasteiger partial charge in [-0.25, -0.2) is 0 Å². The Bertz CT molecular complexity index is 211. The molecule has 4 nitrogen and oxygen atoms in total. The monoisotopic (exact) mass is 242 g/mol. The molecule has 1 saturated carbocycles. The number of rotatable bonds is 5.